The number of nitrogens with two attached hydrogens (primary N) is 1. The molecule has 0 aromatic heterocycles. The molecule has 2 fully saturated rings. The number of ether oxygens (including phenoxy) is 2. The third-order valence-corrected chi connectivity index (χ3v) is 5.03. The highest BCUT2D eigenvalue weighted by atomic mass is 16.5. The van der Waals surface area contributed by atoms with Crippen LogP contribution in [-0.4, -0.2) is 54.0 Å². The predicted octanol–water partition coefficient (Wildman–Crippen LogP) is 1.52. The van der Waals surface area contributed by atoms with E-state index in [9.17, 15) is 0 Å². The first-order valence-electron chi connectivity index (χ1n) is 8.18. The van der Waals surface area contributed by atoms with Crippen LogP contribution in [-0.2, 0) is 9.47 Å². The van der Waals surface area contributed by atoms with E-state index in [1.54, 1.807) is 0 Å². The van der Waals surface area contributed by atoms with Crippen molar-refractivity contribution in [3.8, 4) is 0 Å². The van der Waals surface area contributed by atoms with Gasteiger partial charge in [-0.15, -0.1) is 0 Å². The van der Waals surface area contributed by atoms with Gasteiger partial charge in [-0.3, -0.25) is 16.2 Å². The van der Waals surface area contributed by atoms with E-state index in [0.29, 0.717) is 12.0 Å². The van der Waals surface area contributed by atoms with Crippen molar-refractivity contribution in [2.24, 2.45) is 11.8 Å². The van der Waals surface area contributed by atoms with Gasteiger partial charge in [0, 0.05) is 25.0 Å². The molecular weight excluding hydrogens is 266 g/mol. The summed E-state index contributed by atoms with van der Waals surface area (Å²) in [6, 6.07) is 0.655. The molecule has 2 aliphatic heterocycles. The molecule has 5 nitrogen and oxygen atoms in total. The van der Waals surface area contributed by atoms with Crippen molar-refractivity contribution < 1.29 is 9.47 Å². The lowest BCUT2D eigenvalue weighted by molar-refractivity contribution is -0.0997. The summed E-state index contributed by atoms with van der Waals surface area (Å²) in [7, 11) is 0. The number of rotatable bonds is 4. The van der Waals surface area contributed by atoms with E-state index >= 15 is 0 Å². The van der Waals surface area contributed by atoms with Gasteiger partial charge in [0.1, 0.15) is 0 Å². The molecule has 2 heterocycles. The number of nitrogens with one attached hydrogen (secondary N) is 1. The van der Waals surface area contributed by atoms with Crippen molar-refractivity contribution in [2.75, 3.05) is 19.7 Å². The molecule has 0 bridgehead atoms. The van der Waals surface area contributed by atoms with E-state index in [0.717, 1.165) is 26.1 Å². The van der Waals surface area contributed by atoms with Gasteiger partial charge in [-0.25, -0.2) is 0 Å². The monoisotopic (exact) mass is 299 g/mol. The van der Waals surface area contributed by atoms with Crippen molar-refractivity contribution in [1.82, 2.24) is 10.3 Å². The molecule has 0 aromatic rings. The molecule has 0 radical (unpaired) electrons. The Morgan fingerprint density at radius 3 is 2.38 bits per heavy atom. The number of hydrazine groups is 1. The smallest absolute Gasteiger partial charge is 0.0872 e. The second-order valence-corrected chi connectivity index (χ2v) is 7.97. The van der Waals surface area contributed by atoms with E-state index in [2.05, 4.69) is 51.9 Å². The topological polar surface area (TPSA) is 59.8 Å². The van der Waals surface area contributed by atoms with E-state index in [1.165, 1.54) is 0 Å². The molecule has 124 valence electrons. The maximum atomic E-state index is 6.23. The number of morpholine rings is 1. The maximum Gasteiger partial charge on any atom is 0.0872 e. The van der Waals surface area contributed by atoms with Crippen LogP contribution in [0.25, 0.3) is 0 Å². The number of hydrogen-bond donors (Lipinski definition) is 2. The molecular formula is C16H33N3O2. The van der Waals surface area contributed by atoms with E-state index < -0.39 is 0 Å². The zero-order valence-corrected chi connectivity index (χ0v) is 14.5. The molecule has 0 aliphatic carbocycles. The molecule has 21 heavy (non-hydrogen) atoms. The fourth-order valence-electron chi connectivity index (χ4n) is 4.03. The van der Waals surface area contributed by atoms with Gasteiger partial charge in [0.05, 0.1) is 30.0 Å². The highest BCUT2D eigenvalue weighted by Crippen LogP contribution is 2.44. The third kappa shape index (κ3) is 3.77. The van der Waals surface area contributed by atoms with Crippen LogP contribution in [0.1, 0.15) is 48.0 Å². The van der Waals surface area contributed by atoms with Crippen molar-refractivity contribution >= 4 is 0 Å². The lowest BCUT2D eigenvalue weighted by Crippen LogP contribution is -2.60. The van der Waals surface area contributed by atoms with Crippen LogP contribution in [0.3, 0.4) is 0 Å². The van der Waals surface area contributed by atoms with Crippen LogP contribution < -0.4 is 11.3 Å². The second-order valence-electron chi connectivity index (χ2n) is 7.97. The third-order valence-electron chi connectivity index (χ3n) is 5.03. The average Bonchev–Trinajstić information content (AvgIpc) is 2.59. The summed E-state index contributed by atoms with van der Waals surface area (Å²) in [6.07, 6.45) is 1.11. The van der Waals surface area contributed by atoms with Crippen LogP contribution in [0.15, 0.2) is 0 Å². The SMILES string of the molecule is CC(C)N1CCOC(C(NN)C2CC(C)(C)OC2(C)C)C1. The molecule has 0 saturated carbocycles. The quantitative estimate of drug-likeness (QED) is 0.609. The minimum absolute atomic E-state index is 0.102. The van der Waals surface area contributed by atoms with Gasteiger partial charge < -0.3 is 9.47 Å². The van der Waals surface area contributed by atoms with Crippen LogP contribution in [0.5, 0.6) is 0 Å². The standard InChI is InChI=1S/C16H33N3O2/c1-11(2)19-7-8-20-13(10-19)14(18-17)12-9-15(3,4)21-16(12,5)6/h11-14,18H,7-10,17H2,1-6H3. The maximum absolute atomic E-state index is 6.23. The first kappa shape index (κ1) is 17.2. The van der Waals surface area contributed by atoms with Crippen molar-refractivity contribution in [1.29, 1.82) is 0 Å². The highest BCUT2D eigenvalue weighted by molar-refractivity contribution is 5.02. The summed E-state index contributed by atoms with van der Waals surface area (Å²) in [5, 5.41) is 0. The molecule has 3 atom stereocenters. The van der Waals surface area contributed by atoms with Crippen LogP contribution in [0.4, 0.5) is 0 Å². The fraction of sp³-hybridized carbons (Fsp3) is 1.00. The predicted molar refractivity (Wildman–Crippen MR) is 84.9 cm³/mol. The fourth-order valence-corrected chi connectivity index (χ4v) is 4.03. The molecule has 0 aromatic carbocycles. The molecule has 0 amide bonds. The molecule has 2 rings (SSSR count). The summed E-state index contributed by atoms with van der Waals surface area (Å²) in [5.41, 5.74) is 2.74. The van der Waals surface area contributed by atoms with E-state index in [1.807, 2.05) is 0 Å². The van der Waals surface area contributed by atoms with Gasteiger partial charge in [-0.2, -0.15) is 0 Å². The van der Waals surface area contributed by atoms with E-state index in [4.69, 9.17) is 15.3 Å². The van der Waals surface area contributed by atoms with Gasteiger partial charge in [0.2, 0.25) is 0 Å². The summed E-state index contributed by atoms with van der Waals surface area (Å²) >= 11 is 0. The first-order chi connectivity index (χ1) is 9.66. The zero-order valence-electron chi connectivity index (χ0n) is 14.5. The van der Waals surface area contributed by atoms with Crippen LogP contribution in [0.2, 0.25) is 0 Å². The van der Waals surface area contributed by atoms with Crippen LogP contribution in [0, 0.1) is 5.92 Å². The molecule has 3 N–H and O–H groups in total. The van der Waals surface area contributed by atoms with Crippen molar-refractivity contribution in [3.63, 3.8) is 0 Å². The summed E-state index contributed by atoms with van der Waals surface area (Å²) < 4.78 is 12.3. The molecule has 5 heteroatoms. The Morgan fingerprint density at radius 1 is 1.24 bits per heavy atom. The van der Waals surface area contributed by atoms with Gasteiger partial charge in [-0.1, -0.05) is 0 Å². The summed E-state index contributed by atoms with van der Waals surface area (Å²) in [6.45, 7) is 15.8. The van der Waals surface area contributed by atoms with Gasteiger partial charge in [0.15, 0.2) is 0 Å². The van der Waals surface area contributed by atoms with Crippen LogP contribution >= 0.6 is 0 Å². The molecule has 0 spiro atoms. The zero-order chi connectivity index (χ0) is 15.8. The Morgan fingerprint density at radius 2 is 1.90 bits per heavy atom. The molecule has 3 unspecified atom stereocenters. The Kier molecular flexibility index (Phi) is 5.01. The Hall–Kier alpha value is -0.200. The largest absolute Gasteiger partial charge is 0.374 e. The summed E-state index contributed by atoms with van der Waals surface area (Å²) in [4.78, 5) is 2.46. The lowest BCUT2D eigenvalue weighted by Gasteiger charge is -2.42. The Bertz CT molecular complexity index is 357. The summed E-state index contributed by atoms with van der Waals surface area (Å²) in [5.74, 6) is 6.25. The van der Waals surface area contributed by atoms with Gasteiger partial charge >= 0.3 is 0 Å². The number of hydrogen-bond acceptors (Lipinski definition) is 5. The van der Waals surface area contributed by atoms with Crippen molar-refractivity contribution in [3.05, 3.63) is 0 Å². The van der Waals surface area contributed by atoms with Gasteiger partial charge in [-0.05, 0) is 48.0 Å². The number of nitrogens with zero attached hydrogens (tertiary/aromatic N) is 1. The lowest BCUT2D eigenvalue weighted by atomic mass is 9.79. The van der Waals surface area contributed by atoms with E-state index in [-0.39, 0.29) is 23.3 Å². The normalized spacial score (nSPS) is 34.3. The Balaban J connectivity index is 2.12. The minimum atomic E-state index is -0.190. The molecule has 2 aliphatic rings. The molecule has 2 saturated heterocycles. The van der Waals surface area contributed by atoms with Crippen molar-refractivity contribution in [2.45, 2.75) is 77.4 Å². The average molecular weight is 299 g/mol. The minimum Gasteiger partial charge on any atom is -0.374 e. The van der Waals surface area contributed by atoms with Gasteiger partial charge in [0.25, 0.3) is 0 Å². The highest BCUT2D eigenvalue weighted by Gasteiger charge is 2.51. The first-order valence-corrected chi connectivity index (χ1v) is 8.18. The Labute approximate surface area is 129 Å². The second kappa shape index (κ2) is 6.13.